The molecule has 0 saturated heterocycles. The first-order chi connectivity index (χ1) is 10.4. The quantitative estimate of drug-likeness (QED) is 0.696. The number of aromatic nitrogens is 6. The molecule has 0 aromatic carbocycles. The minimum absolute atomic E-state index is 1.02. The van der Waals surface area contributed by atoms with Crippen LogP contribution in [0.4, 0.5) is 0 Å². The lowest BCUT2D eigenvalue weighted by Crippen LogP contribution is -2.45. The van der Waals surface area contributed by atoms with Crippen molar-refractivity contribution < 1.29 is 0 Å². The summed E-state index contributed by atoms with van der Waals surface area (Å²) in [5, 5.41) is 14.1. The molecule has 0 spiro atoms. The van der Waals surface area contributed by atoms with E-state index in [1.807, 2.05) is 20.8 Å². The van der Waals surface area contributed by atoms with Crippen LogP contribution in [-0.4, -0.2) is 37.6 Å². The fourth-order valence-corrected chi connectivity index (χ4v) is 5.18. The van der Waals surface area contributed by atoms with Crippen molar-refractivity contribution in [3.8, 4) is 0 Å². The molecule has 0 bridgehead atoms. The number of aryl methyl sites for hydroxylation is 6. The van der Waals surface area contributed by atoms with Crippen molar-refractivity contribution in [2.24, 2.45) is 0 Å². The monoisotopic (exact) mass is 313 g/mol. The average molecular weight is 313 g/mol. The molecule has 0 aliphatic carbocycles. The van der Waals surface area contributed by atoms with Crippen LogP contribution in [0.15, 0.2) is 18.2 Å². The Morgan fingerprint density at radius 1 is 0.591 bits per heavy atom. The van der Waals surface area contributed by atoms with E-state index in [9.17, 15) is 0 Å². The van der Waals surface area contributed by atoms with Crippen LogP contribution in [-0.2, 0) is 0 Å². The van der Waals surface area contributed by atoms with Gasteiger partial charge in [-0.1, -0.05) is 0 Å². The van der Waals surface area contributed by atoms with Crippen LogP contribution in [0.3, 0.4) is 0 Å². The normalized spacial score (nSPS) is 11.2. The third-order valence-electron chi connectivity index (χ3n) is 3.60. The maximum atomic E-state index is 4.70. The van der Waals surface area contributed by atoms with Gasteiger partial charge in [-0.15, -0.1) is 0 Å². The molecular formula is C15H21N6Si-. The number of nitrogens with zero attached hydrogens (tertiary/aromatic N) is 6. The molecule has 0 fully saturated rings. The zero-order valence-corrected chi connectivity index (χ0v) is 14.9. The number of hydrogen-bond donors (Lipinski definition) is 0. The molecule has 3 rings (SSSR count). The van der Waals surface area contributed by atoms with Gasteiger partial charge in [-0.05, 0) is 59.7 Å². The van der Waals surface area contributed by atoms with E-state index in [4.69, 9.17) is 15.3 Å². The van der Waals surface area contributed by atoms with Gasteiger partial charge in [0.15, 0.2) is 0 Å². The lowest BCUT2D eigenvalue weighted by Gasteiger charge is -2.35. The first-order valence-corrected chi connectivity index (χ1v) is 8.69. The number of rotatable bonds is 3. The van der Waals surface area contributed by atoms with Gasteiger partial charge in [-0.2, -0.15) is 0 Å². The van der Waals surface area contributed by atoms with E-state index in [1.54, 1.807) is 0 Å². The molecule has 116 valence electrons. The fraction of sp³-hybridized carbons (Fsp3) is 0.400. The largest absolute Gasteiger partial charge is 0.383 e. The first-order valence-electron chi connectivity index (χ1n) is 7.34. The Morgan fingerprint density at radius 3 is 1.05 bits per heavy atom. The lowest BCUT2D eigenvalue weighted by atomic mass is 10.4. The second-order valence-corrected chi connectivity index (χ2v) is 7.69. The van der Waals surface area contributed by atoms with Gasteiger partial charge in [-0.3, -0.25) is 0 Å². The molecule has 0 radical (unpaired) electrons. The highest BCUT2D eigenvalue weighted by atomic mass is 28.3. The van der Waals surface area contributed by atoms with Gasteiger partial charge in [0.05, 0.1) is 26.4 Å². The minimum atomic E-state index is -1.49. The Hall–Kier alpha value is -2.15. The summed E-state index contributed by atoms with van der Waals surface area (Å²) < 4.78 is 6.25. The van der Waals surface area contributed by atoms with E-state index in [0.29, 0.717) is 0 Å². The van der Waals surface area contributed by atoms with Gasteiger partial charge >= 0.3 is 0 Å². The predicted molar refractivity (Wildman–Crippen MR) is 87.1 cm³/mol. The van der Waals surface area contributed by atoms with Crippen LogP contribution < -0.4 is 0 Å². The van der Waals surface area contributed by atoms with Crippen LogP contribution in [0.25, 0.3) is 0 Å². The second-order valence-electron chi connectivity index (χ2n) is 5.82. The first kappa shape index (κ1) is 14.8. The van der Waals surface area contributed by atoms with Gasteiger partial charge in [0.1, 0.15) is 0 Å². The summed E-state index contributed by atoms with van der Waals surface area (Å²) in [4.78, 5) is 0. The van der Waals surface area contributed by atoms with Crippen LogP contribution in [0, 0.1) is 41.5 Å². The Labute approximate surface area is 132 Å². The van der Waals surface area contributed by atoms with Crippen molar-refractivity contribution in [2.75, 3.05) is 0 Å². The topological polar surface area (TPSA) is 53.5 Å². The molecule has 0 unspecified atom stereocenters. The van der Waals surface area contributed by atoms with Crippen molar-refractivity contribution in [3.63, 3.8) is 0 Å². The molecule has 0 aliphatic rings. The summed E-state index contributed by atoms with van der Waals surface area (Å²) in [5.74, 6) is 0. The minimum Gasteiger partial charge on any atom is -0.383 e. The molecule has 0 aliphatic heterocycles. The van der Waals surface area contributed by atoms with E-state index >= 15 is 0 Å². The van der Waals surface area contributed by atoms with Crippen LogP contribution in [0.2, 0.25) is 0 Å². The van der Waals surface area contributed by atoms with Crippen LogP contribution in [0.5, 0.6) is 0 Å². The zero-order chi connectivity index (χ0) is 16.0. The molecule has 0 amide bonds. The molecule has 0 saturated carbocycles. The molecule has 7 heteroatoms. The smallest absolute Gasteiger partial charge is 0.0927 e. The average Bonchev–Trinajstić information content (AvgIpc) is 3.02. The SMILES string of the molecule is Cc1cc(C)n([Si-](n2nc(C)cc2C)n2nc(C)cc2C)n1. The van der Waals surface area contributed by atoms with Crippen molar-refractivity contribution in [1.29, 1.82) is 0 Å². The molecule has 6 nitrogen and oxygen atoms in total. The van der Waals surface area contributed by atoms with Gasteiger partial charge in [0.2, 0.25) is 0 Å². The van der Waals surface area contributed by atoms with Gasteiger partial charge in [-0.25, -0.2) is 15.3 Å². The Kier molecular flexibility index (Phi) is 3.52. The van der Waals surface area contributed by atoms with Crippen molar-refractivity contribution in [1.82, 2.24) is 28.3 Å². The molecule has 3 aromatic heterocycles. The molecule has 3 aromatic rings. The molecule has 3 heterocycles. The molecular weight excluding hydrogens is 292 g/mol. The molecule has 0 N–H and O–H groups in total. The predicted octanol–water partition coefficient (Wildman–Crippen LogP) is 2.06. The fourth-order valence-electron chi connectivity index (χ4n) is 2.76. The summed E-state index contributed by atoms with van der Waals surface area (Å²) >= 11 is 0. The maximum Gasteiger partial charge on any atom is 0.0927 e. The number of hydrogen-bond acceptors (Lipinski definition) is 3. The summed E-state index contributed by atoms with van der Waals surface area (Å²) in [6.45, 7) is 12.3. The Balaban J connectivity index is 2.25. The molecule has 22 heavy (non-hydrogen) atoms. The maximum absolute atomic E-state index is 4.70. The zero-order valence-electron chi connectivity index (χ0n) is 13.9. The van der Waals surface area contributed by atoms with Gasteiger partial charge < -0.3 is 13.0 Å². The summed E-state index contributed by atoms with van der Waals surface area (Å²) in [5.41, 5.74) is 6.44. The summed E-state index contributed by atoms with van der Waals surface area (Å²) in [6, 6.07) is 6.30. The van der Waals surface area contributed by atoms with E-state index in [2.05, 4.69) is 52.0 Å². The van der Waals surface area contributed by atoms with E-state index in [-0.39, 0.29) is 0 Å². The van der Waals surface area contributed by atoms with Crippen molar-refractivity contribution in [2.45, 2.75) is 41.5 Å². The highest BCUT2D eigenvalue weighted by Gasteiger charge is 2.13. The highest BCUT2D eigenvalue weighted by Crippen LogP contribution is 2.12. The third-order valence-corrected chi connectivity index (χ3v) is 6.09. The van der Waals surface area contributed by atoms with Gasteiger partial charge in [0.25, 0.3) is 0 Å². The van der Waals surface area contributed by atoms with E-state index < -0.39 is 9.28 Å². The summed E-state index contributed by atoms with van der Waals surface area (Å²) in [7, 11) is -1.49. The molecule has 0 atom stereocenters. The van der Waals surface area contributed by atoms with E-state index in [1.165, 1.54) is 0 Å². The third kappa shape index (κ3) is 2.41. The Morgan fingerprint density at radius 2 is 0.864 bits per heavy atom. The van der Waals surface area contributed by atoms with Gasteiger partial charge in [0, 0.05) is 17.1 Å². The Bertz CT molecular complexity index is 715. The second kappa shape index (κ2) is 5.24. The van der Waals surface area contributed by atoms with E-state index in [0.717, 1.165) is 34.2 Å². The summed E-state index contributed by atoms with van der Waals surface area (Å²) in [6.07, 6.45) is 0. The standard InChI is InChI=1S/C15H21N6Si/c1-10-7-13(4)19(16-10)22(20-14(5)8-11(2)17-20)21-15(6)9-12(3)18-21/h7-9H,1-6H3/q-1. The van der Waals surface area contributed by atoms with Crippen LogP contribution >= 0.6 is 0 Å². The van der Waals surface area contributed by atoms with Crippen molar-refractivity contribution >= 4 is 9.28 Å². The van der Waals surface area contributed by atoms with Crippen LogP contribution in [0.1, 0.15) is 34.2 Å². The van der Waals surface area contributed by atoms with Crippen molar-refractivity contribution in [3.05, 3.63) is 52.4 Å². The highest BCUT2D eigenvalue weighted by molar-refractivity contribution is 6.53. The lowest BCUT2D eigenvalue weighted by molar-refractivity contribution is 0.730.